The van der Waals surface area contributed by atoms with Gasteiger partial charge in [0, 0.05) is 12.6 Å². The van der Waals surface area contributed by atoms with Gasteiger partial charge in [-0.25, -0.2) is 0 Å². The first-order valence-electron chi connectivity index (χ1n) is 7.07. The van der Waals surface area contributed by atoms with Crippen molar-refractivity contribution in [2.24, 2.45) is 11.7 Å². The number of amides is 1. The lowest BCUT2D eigenvalue weighted by atomic mass is 10.0. The molecule has 0 saturated heterocycles. The number of rotatable bonds is 9. The van der Waals surface area contributed by atoms with Crippen molar-refractivity contribution < 1.29 is 4.79 Å². The number of hydrogen-bond acceptors (Lipinski definition) is 3. The van der Waals surface area contributed by atoms with E-state index in [1.54, 1.807) is 0 Å². The van der Waals surface area contributed by atoms with Crippen molar-refractivity contribution in [2.75, 3.05) is 20.6 Å². The molecular weight excluding hydrogens is 226 g/mol. The van der Waals surface area contributed by atoms with Crippen molar-refractivity contribution in [3.05, 3.63) is 0 Å². The number of unbranched alkanes of at least 4 members (excludes halogenated alkanes) is 1. The molecule has 0 aliphatic heterocycles. The Bertz CT molecular complexity index is 219. The molecular formula is C14H31N3O. The number of nitrogens with zero attached hydrogens (tertiary/aromatic N) is 1. The van der Waals surface area contributed by atoms with Crippen LogP contribution in [0.2, 0.25) is 0 Å². The Morgan fingerprint density at radius 3 is 2.39 bits per heavy atom. The molecule has 0 spiro atoms. The first-order valence-corrected chi connectivity index (χ1v) is 7.07. The molecule has 0 saturated carbocycles. The minimum absolute atomic E-state index is 0.00375. The number of carbonyl (C=O) groups excluding carboxylic acids is 1. The Kier molecular flexibility index (Phi) is 9.02. The maximum Gasteiger partial charge on any atom is 0.237 e. The van der Waals surface area contributed by atoms with E-state index >= 15 is 0 Å². The molecule has 0 aromatic heterocycles. The van der Waals surface area contributed by atoms with Gasteiger partial charge in [-0.3, -0.25) is 4.79 Å². The van der Waals surface area contributed by atoms with Crippen molar-refractivity contribution in [1.82, 2.24) is 10.2 Å². The van der Waals surface area contributed by atoms with Gasteiger partial charge in [-0.2, -0.15) is 0 Å². The maximum atomic E-state index is 12.0. The summed E-state index contributed by atoms with van der Waals surface area (Å²) in [6, 6.07) is -0.165. The average Bonchev–Trinajstić information content (AvgIpc) is 2.23. The molecule has 108 valence electrons. The van der Waals surface area contributed by atoms with E-state index < -0.39 is 0 Å². The van der Waals surface area contributed by atoms with Gasteiger partial charge >= 0.3 is 0 Å². The molecule has 4 nitrogen and oxygen atoms in total. The maximum absolute atomic E-state index is 12.0. The van der Waals surface area contributed by atoms with Gasteiger partial charge in [0.05, 0.1) is 6.04 Å². The summed E-state index contributed by atoms with van der Waals surface area (Å²) in [5.41, 5.74) is 5.89. The standard InChI is InChI=1S/C14H31N3O/c1-6-7-8-13(15)14(18)16-12(9-11(2)3)10-17(4)5/h11-13H,6-10,15H2,1-5H3,(H,16,18). The lowest BCUT2D eigenvalue weighted by Crippen LogP contribution is -2.49. The predicted molar refractivity (Wildman–Crippen MR) is 77.4 cm³/mol. The van der Waals surface area contributed by atoms with E-state index in [9.17, 15) is 4.79 Å². The Morgan fingerprint density at radius 2 is 1.94 bits per heavy atom. The predicted octanol–water partition coefficient (Wildman–Crippen LogP) is 1.60. The van der Waals surface area contributed by atoms with E-state index in [0.717, 1.165) is 32.2 Å². The molecule has 0 fully saturated rings. The second kappa shape index (κ2) is 9.34. The fourth-order valence-electron chi connectivity index (χ4n) is 2.05. The Labute approximate surface area is 112 Å². The largest absolute Gasteiger partial charge is 0.351 e. The monoisotopic (exact) mass is 257 g/mol. The number of carbonyl (C=O) groups is 1. The summed E-state index contributed by atoms with van der Waals surface area (Å²) in [5, 5.41) is 3.08. The zero-order valence-electron chi connectivity index (χ0n) is 12.7. The molecule has 0 rings (SSSR count). The van der Waals surface area contributed by atoms with Gasteiger partial charge in [-0.1, -0.05) is 33.6 Å². The van der Waals surface area contributed by atoms with Crippen LogP contribution in [-0.2, 0) is 4.79 Å². The van der Waals surface area contributed by atoms with E-state index in [1.807, 2.05) is 14.1 Å². The first-order chi connectivity index (χ1) is 8.36. The summed E-state index contributed by atoms with van der Waals surface area (Å²) in [4.78, 5) is 14.1. The molecule has 0 aromatic rings. The molecule has 3 N–H and O–H groups in total. The zero-order chi connectivity index (χ0) is 14.1. The number of nitrogens with two attached hydrogens (primary N) is 1. The molecule has 0 aliphatic rings. The van der Waals surface area contributed by atoms with Gasteiger partial charge in [0.1, 0.15) is 0 Å². The molecule has 0 aromatic carbocycles. The second-order valence-electron chi connectivity index (χ2n) is 5.85. The van der Waals surface area contributed by atoms with Gasteiger partial charge < -0.3 is 16.0 Å². The van der Waals surface area contributed by atoms with Crippen LogP contribution in [0.1, 0.15) is 46.5 Å². The smallest absolute Gasteiger partial charge is 0.237 e. The van der Waals surface area contributed by atoms with Crippen LogP contribution in [0.4, 0.5) is 0 Å². The summed E-state index contributed by atoms with van der Waals surface area (Å²) in [6.45, 7) is 7.32. The molecule has 4 heteroatoms. The summed E-state index contributed by atoms with van der Waals surface area (Å²) in [5.74, 6) is 0.568. The Hall–Kier alpha value is -0.610. The Morgan fingerprint density at radius 1 is 1.33 bits per heavy atom. The summed E-state index contributed by atoms with van der Waals surface area (Å²) in [7, 11) is 4.05. The van der Waals surface area contributed by atoms with Gasteiger partial charge in [-0.15, -0.1) is 0 Å². The van der Waals surface area contributed by atoms with Crippen molar-refractivity contribution in [3.8, 4) is 0 Å². The van der Waals surface area contributed by atoms with Crippen LogP contribution in [0.3, 0.4) is 0 Å². The molecule has 0 aliphatic carbocycles. The summed E-state index contributed by atoms with van der Waals surface area (Å²) >= 11 is 0. The second-order valence-corrected chi connectivity index (χ2v) is 5.85. The highest BCUT2D eigenvalue weighted by molar-refractivity contribution is 5.81. The zero-order valence-corrected chi connectivity index (χ0v) is 12.7. The van der Waals surface area contributed by atoms with Crippen LogP contribution < -0.4 is 11.1 Å². The SMILES string of the molecule is CCCCC(N)C(=O)NC(CC(C)C)CN(C)C. The summed E-state index contributed by atoms with van der Waals surface area (Å²) in [6.07, 6.45) is 3.86. The van der Waals surface area contributed by atoms with Crippen LogP contribution in [0.15, 0.2) is 0 Å². The third-order valence-electron chi connectivity index (χ3n) is 2.89. The minimum atomic E-state index is -0.359. The van der Waals surface area contributed by atoms with Gasteiger partial charge in [0.2, 0.25) is 5.91 Å². The van der Waals surface area contributed by atoms with E-state index in [0.29, 0.717) is 5.92 Å². The summed E-state index contributed by atoms with van der Waals surface area (Å²) < 4.78 is 0. The normalized spacial score (nSPS) is 14.9. The van der Waals surface area contributed by atoms with E-state index in [-0.39, 0.29) is 18.0 Å². The lowest BCUT2D eigenvalue weighted by Gasteiger charge is -2.25. The van der Waals surface area contributed by atoms with Crippen molar-refractivity contribution in [1.29, 1.82) is 0 Å². The van der Waals surface area contributed by atoms with Gasteiger partial charge in [-0.05, 0) is 32.9 Å². The minimum Gasteiger partial charge on any atom is -0.351 e. The number of hydrogen-bond donors (Lipinski definition) is 2. The molecule has 1 amide bonds. The highest BCUT2D eigenvalue weighted by Crippen LogP contribution is 2.06. The highest BCUT2D eigenvalue weighted by atomic mass is 16.2. The van der Waals surface area contributed by atoms with Crippen LogP contribution in [0.25, 0.3) is 0 Å². The fourth-order valence-corrected chi connectivity index (χ4v) is 2.05. The Balaban J connectivity index is 4.24. The lowest BCUT2D eigenvalue weighted by molar-refractivity contribution is -0.123. The van der Waals surface area contributed by atoms with Gasteiger partial charge in [0.15, 0.2) is 0 Å². The topological polar surface area (TPSA) is 58.4 Å². The highest BCUT2D eigenvalue weighted by Gasteiger charge is 2.19. The van der Waals surface area contributed by atoms with E-state index in [1.165, 1.54) is 0 Å². The quantitative estimate of drug-likeness (QED) is 0.659. The molecule has 0 heterocycles. The fraction of sp³-hybridized carbons (Fsp3) is 0.929. The molecule has 2 atom stereocenters. The molecule has 0 radical (unpaired) electrons. The van der Waals surface area contributed by atoms with Crippen LogP contribution in [0, 0.1) is 5.92 Å². The van der Waals surface area contributed by atoms with Gasteiger partial charge in [0.25, 0.3) is 0 Å². The molecule has 18 heavy (non-hydrogen) atoms. The first kappa shape index (κ1) is 17.4. The van der Waals surface area contributed by atoms with Crippen LogP contribution in [-0.4, -0.2) is 43.5 Å². The van der Waals surface area contributed by atoms with Crippen LogP contribution in [0.5, 0.6) is 0 Å². The van der Waals surface area contributed by atoms with Crippen molar-refractivity contribution in [3.63, 3.8) is 0 Å². The van der Waals surface area contributed by atoms with Crippen LogP contribution >= 0.6 is 0 Å². The third-order valence-corrected chi connectivity index (χ3v) is 2.89. The van der Waals surface area contributed by atoms with E-state index in [2.05, 4.69) is 31.0 Å². The molecule has 2 unspecified atom stereocenters. The average molecular weight is 257 g/mol. The number of nitrogens with one attached hydrogen (secondary N) is 1. The third kappa shape index (κ3) is 8.48. The molecule has 0 bridgehead atoms. The van der Waals surface area contributed by atoms with Crippen molar-refractivity contribution >= 4 is 5.91 Å². The van der Waals surface area contributed by atoms with Crippen molar-refractivity contribution in [2.45, 2.75) is 58.5 Å². The van der Waals surface area contributed by atoms with E-state index in [4.69, 9.17) is 5.73 Å². The number of likely N-dealkylation sites (N-methyl/N-ethyl adjacent to an activating group) is 1.